The zero-order chi connectivity index (χ0) is 19.6. The van der Waals surface area contributed by atoms with E-state index in [1.165, 1.54) is 7.05 Å². The number of halogens is 1. The molecule has 0 unspecified atom stereocenters. The van der Waals surface area contributed by atoms with Crippen LogP contribution in [0, 0.1) is 0 Å². The Morgan fingerprint density at radius 2 is 1.81 bits per heavy atom. The maximum Gasteiger partial charge on any atom is 0.241 e. The number of methoxy groups -OCH3 is 1. The van der Waals surface area contributed by atoms with Gasteiger partial charge in [0.15, 0.2) is 0 Å². The lowest BCUT2D eigenvalue weighted by atomic mass is 10.0. The van der Waals surface area contributed by atoms with E-state index < -0.39 is 10.0 Å². The monoisotopic (exact) mass is 409 g/mol. The fourth-order valence-corrected chi connectivity index (χ4v) is 4.46. The van der Waals surface area contributed by atoms with Crippen LogP contribution in [0.25, 0.3) is 11.1 Å². The van der Waals surface area contributed by atoms with E-state index in [4.69, 9.17) is 16.3 Å². The zero-order valence-electron chi connectivity index (χ0n) is 15.7. The van der Waals surface area contributed by atoms with E-state index in [1.807, 2.05) is 12.1 Å². The van der Waals surface area contributed by atoms with Gasteiger partial charge in [-0.1, -0.05) is 23.7 Å². The summed E-state index contributed by atoms with van der Waals surface area (Å²) in [7, 11) is 1.42. The lowest BCUT2D eigenvalue weighted by Gasteiger charge is -2.36. The van der Waals surface area contributed by atoms with Gasteiger partial charge in [0.05, 0.1) is 17.7 Å². The van der Waals surface area contributed by atoms with Crippen LogP contribution in [0.3, 0.4) is 0 Å². The van der Waals surface area contributed by atoms with E-state index in [1.54, 1.807) is 31.4 Å². The lowest BCUT2D eigenvalue weighted by Crippen LogP contribution is -2.45. The van der Waals surface area contributed by atoms with E-state index in [0.29, 0.717) is 16.3 Å². The third-order valence-corrected chi connectivity index (χ3v) is 6.51. The molecule has 1 heterocycles. The molecule has 1 saturated heterocycles. The number of nitrogens with one attached hydrogen (secondary N) is 1. The number of piperazine rings is 1. The second-order valence-corrected chi connectivity index (χ2v) is 8.79. The van der Waals surface area contributed by atoms with Crippen LogP contribution in [0.15, 0.2) is 41.3 Å². The Bertz CT molecular complexity index is 926. The van der Waals surface area contributed by atoms with E-state index in [9.17, 15) is 8.42 Å². The van der Waals surface area contributed by atoms with Crippen molar-refractivity contribution in [3.05, 3.63) is 41.4 Å². The van der Waals surface area contributed by atoms with Gasteiger partial charge < -0.3 is 14.5 Å². The number of anilines is 1. The highest BCUT2D eigenvalue weighted by molar-refractivity contribution is 7.89. The Morgan fingerprint density at radius 3 is 2.41 bits per heavy atom. The molecule has 0 aromatic heterocycles. The molecule has 2 aromatic rings. The van der Waals surface area contributed by atoms with E-state index >= 15 is 0 Å². The van der Waals surface area contributed by atoms with Crippen LogP contribution in [0.4, 0.5) is 5.69 Å². The SMILES string of the molecule is CNS(=O)(=O)c1ccc(OC)c(N2CCN(C)CC2)c1-c1cccc(Cl)c1. The molecule has 0 bridgehead atoms. The van der Waals surface area contributed by atoms with Gasteiger partial charge in [-0.15, -0.1) is 0 Å². The van der Waals surface area contributed by atoms with Gasteiger partial charge in [0.1, 0.15) is 5.75 Å². The first-order valence-corrected chi connectivity index (χ1v) is 10.6. The number of benzene rings is 2. The summed E-state index contributed by atoms with van der Waals surface area (Å²) in [5.74, 6) is 0.643. The molecule has 0 aliphatic carbocycles. The van der Waals surface area contributed by atoms with Gasteiger partial charge in [-0.05, 0) is 43.9 Å². The molecule has 1 N–H and O–H groups in total. The van der Waals surface area contributed by atoms with Crippen molar-refractivity contribution in [3.63, 3.8) is 0 Å². The molecule has 2 aromatic carbocycles. The highest BCUT2D eigenvalue weighted by atomic mass is 35.5. The maximum atomic E-state index is 12.8. The van der Waals surface area contributed by atoms with Gasteiger partial charge in [0.25, 0.3) is 0 Å². The number of hydrogen-bond donors (Lipinski definition) is 1. The van der Waals surface area contributed by atoms with Crippen molar-refractivity contribution in [2.24, 2.45) is 0 Å². The van der Waals surface area contributed by atoms with Gasteiger partial charge in [-0.2, -0.15) is 0 Å². The van der Waals surface area contributed by atoms with Gasteiger partial charge >= 0.3 is 0 Å². The predicted octanol–water partition coefficient (Wildman–Crippen LogP) is 2.68. The van der Waals surface area contributed by atoms with Gasteiger partial charge in [0, 0.05) is 36.8 Å². The molecule has 0 spiro atoms. The molecule has 0 radical (unpaired) electrons. The number of rotatable bonds is 5. The molecule has 146 valence electrons. The molecule has 1 aliphatic heterocycles. The molecule has 1 fully saturated rings. The molecule has 3 rings (SSSR count). The summed E-state index contributed by atoms with van der Waals surface area (Å²) in [5.41, 5.74) is 2.13. The summed E-state index contributed by atoms with van der Waals surface area (Å²) in [6.07, 6.45) is 0. The smallest absolute Gasteiger partial charge is 0.241 e. The first-order chi connectivity index (χ1) is 12.9. The van der Waals surface area contributed by atoms with Gasteiger partial charge in [0.2, 0.25) is 10.0 Å². The van der Waals surface area contributed by atoms with Crippen molar-refractivity contribution in [1.82, 2.24) is 9.62 Å². The first kappa shape index (κ1) is 19.9. The average molecular weight is 410 g/mol. The maximum absolute atomic E-state index is 12.8. The van der Waals surface area contributed by atoms with Crippen molar-refractivity contribution >= 4 is 27.3 Å². The van der Waals surface area contributed by atoms with E-state index in [-0.39, 0.29) is 4.90 Å². The Morgan fingerprint density at radius 1 is 1.11 bits per heavy atom. The third-order valence-electron chi connectivity index (χ3n) is 4.81. The van der Waals surface area contributed by atoms with Crippen LogP contribution in [0.1, 0.15) is 0 Å². The molecular weight excluding hydrogens is 386 g/mol. The normalized spacial score (nSPS) is 15.8. The minimum atomic E-state index is -3.67. The third kappa shape index (κ3) is 4.06. The Balaban J connectivity index is 2.30. The van der Waals surface area contributed by atoms with Crippen LogP contribution >= 0.6 is 11.6 Å². The van der Waals surface area contributed by atoms with Crippen LogP contribution in [0.2, 0.25) is 5.02 Å². The van der Waals surface area contributed by atoms with Crippen LogP contribution < -0.4 is 14.4 Å². The summed E-state index contributed by atoms with van der Waals surface area (Å²) in [6.45, 7) is 3.34. The quantitative estimate of drug-likeness (QED) is 0.822. The lowest BCUT2D eigenvalue weighted by molar-refractivity contribution is 0.311. The molecule has 8 heteroatoms. The molecule has 0 atom stereocenters. The van der Waals surface area contributed by atoms with Crippen molar-refractivity contribution in [1.29, 1.82) is 0 Å². The highest BCUT2D eigenvalue weighted by Gasteiger charge is 2.28. The van der Waals surface area contributed by atoms with E-state index in [2.05, 4.69) is 21.6 Å². The summed E-state index contributed by atoms with van der Waals surface area (Å²) >= 11 is 6.21. The fourth-order valence-electron chi connectivity index (χ4n) is 3.32. The molecule has 0 amide bonds. The van der Waals surface area contributed by atoms with Crippen molar-refractivity contribution < 1.29 is 13.2 Å². The number of likely N-dealkylation sites (N-methyl/N-ethyl adjacent to an activating group) is 1. The fraction of sp³-hybridized carbons (Fsp3) is 0.368. The Kier molecular flexibility index (Phi) is 5.95. The first-order valence-electron chi connectivity index (χ1n) is 8.71. The standard InChI is InChI=1S/C19H24ClN3O3S/c1-21-27(24,25)17-8-7-16(26-3)19(23-11-9-22(2)10-12-23)18(17)14-5-4-6-15(20)13-14/h4-8,13,21H,9-12H2,1-3H3. The molecule has 1 aliphatic rings. The second kappa shape index (κ2) is 8.06. The molecule has 27 heavy (non-hydrogen) atoms. The molecular formula is C19H24ClN3O3S. The number of sulfonamides is 1. The minimum absolute atomic E-state index is 0.210. The average Bonchev–Trinajstić information content (AvgIpc) is 2.67. The second-order valence-electron chi connectivity index (χ2n) is 6.50. The molecule has 6 nitrogen and oxygen atoms in total. The van der Waals surface area contributed by atoms with Crippen LogP contribution in [0.5, 0.6) is 5.75 Å². The minimum Gasteiger partial charge on any atom is -0.495 e. The summed E-state index contributed by atoms with van der Waals surface area (Å²) < 4.78 is 33.6. The zero-order valence-corrected chi connectivity index (χ0v) is 17.3. The predicted molar refractivity (Wildman–Crippen MR) is 109 cm³/mol. The molecule has 0 saturated carbocycles. The summed E-state index contributed by atoms with van der Waals surface area (Å²) in [6, 6.07) is 10.5. The summed E-state index contributed by atoms with van der Waals surface area (Å²) in [5, 5.41) is 0.549. The number of ether oxygens (including phenoxy) is 1. The van der Waals surface area contributed by atoms with Crippen molar-refractivity contribution in [2.45, 2.75) is 4.90 Å². The van der Waals surface area contributed by atoms with Crippen molar-refractivity contribution in [2.75, 3.05) is 52.3 Å². The van der Waals surface area contributed by atoms with E-state index in [0.717, 1.165) is 37.4 Å². The summed E-state index contributed by atoms with van der Waals surface area (Å²) in [4.78, 5) is 4.64. The van der Waals surface area contributed by atoms with Gasteiger partial charge in [-0.3, -0.25) is 0 Å². The highest BCUT2D eigenvalue weighted by Crippen LogP contribution is 2.43. The Labute approximate surface area is 165 Å². The van der Waals surface area contributed by atoms with Gasteiger partial charge in [-0.25, -0.2) is 13.1 Å². The number of nitrogens with zero attached hydrogens (tertiary/aromatic N) is 2. The largest absolute Gasteiger partial charge is 0.495 e. The van der Waals surface area contributed by atoms with Crippen LogP contribution in [-0.4, -0.2) is 60.7 Å². The Hall–Kier alpha value is -1.80. The van der Waals surface area contributed by atoms with Crippen LogP contribution in [-0.2, 0) is 10.0 Å². The van der Waals surface area contributed by atoms with Crippen molar-refractivity contribution in [3.8, 4) is 16.9 Å². The number of hydrogen-bond acceptors (Lipinski definition) is 5. The topological polar surface area (TPSA) is 61.9 Å².